The number of phenolic OH excluding ortho intramolecular Hbond substituents is 1. The summed E-state index contributed by atoms with van der Waals surface area (Å²) in [4.78, 5) is 11.3. The minimum atomic E-state index is -0.494. The van der Waals surface area contributed by atoms with E-state index in [0.29, 0.717) is 5.39 Å². The third-order valence-corrected chi connectivity index (χ3v) is 2.45. The lowest BCUT2D eigenvalue weighted by molar-refractivity contribution is 0.476. The van der Waals surface area contributed by atoms with Gasteiger partial charge >= 0.3 is 5.63 Å². The van der Waals surface area contributed by atoms with E-state index in [1.165, 1.54) is 12.1 Å². The number of hydrogen-bond acceptors (Lipinski definition) is 4. The van der Waals surface area contributed by atoms with Crippen molar-refractivity contribution >= 4 is 34.0 Å². The fourth-order valence-corrected chi connectivity index (χ4v) is 1.72. The molecule has 0 saturated heterocycles. The summed E-state index contributed by atoms with van der Waals surface area (Å²) < 4.78 is 5.06. The summed E-state index contributed by atoms with van der Waals surface area (Å²) in [6.45, 7) is 1.78. The molecule has 5 nitrogen and oxygen atoms in total. The van der Waals surface area contributed by atoms with Gasteiger partial charge in [0.25, 0.3) is 0 Å². The van der Waals surface area contributed by atoms with Gasteiger partial charge in [-0.05, 0) is 36.8 Å². The average Bonchev–Trinajstić information content (AvgIpc) is 2.21. The molecule has 17 heavy (non-hydrogen) atoms. The molecule has 6 heteroatoms. The molecule has 1 aromatic carbocycles. The lowest BCUT2D eigenvalue weighted by Crippen LogP contribution is -2.19. The highest BCUT2D eigenvalue weighted by Crippen LogP contribution is 2.32. The second kappa shape index (κ2) is 4.06. The fraction of sp³-hybridized carbons (Fsp3) is 0.0909. The van der Waals surface area contributed by atoms with Crippen LogP contribution in [0.2, 0.25) is 0 Å². The van der Waals surface area contributed by atoms with Gasteiger partial charge in [0.1, 0.15) is 11.4 Å². The number of benzene rings is 1. The number of anilines is 1. The predicted molar refractivity (Wildman–Crippen MR) is 69.3 cm³/mol. The Morgan fingerprint density at radius 3 is 2.88 bits per heavy atom. The second-order valence-electron chi connectivity index (χ2n) is 3.57. The smallest absolute Gasteiger partial charge is 0.336 e. The van der Waals surface area contributed by atoms with Crippen molar-refractivity contribution in [2.75, 3.05) is 5.32 Å². The summed E-state index contributed by atoms with van der Waals surface area (Å²) in [6.07, 6.45) is 0. The number of rotatable bonds is 1. The molecular formula is C11H10N2O3S. The molecular weight excluding hydrogens is 240 g/mol. The van der Waals surface area contributed by atoms with Crippen LogP contribution in [-0.4, -0.2) is 10.2 Å². The molecule has 0 amide bonds. The van der Waals surface area contributed by atoms with Crippen LogP contribution in [0.4, 0.5) is 5.69 Å². The fourth-order valence-electron chi connectivity index (χ4n) is 1.62. The zero-order valence-electron chi connectivity index (χ0n) is 8.98. The number of aromatic hydroxyl groups is 1. The predicted octanol–water partition coefficient (Wildman–Crippen LogP) is 1.46. The van der Waals surface area contributed by atoms with E-state index in [1.807, 2.05) is 0 Å². The first kappa shape index (κ1) is 11.4. The van der Waals surface area contributed by atoms with Crippen LogP contribution >= 0.6 is 12.2 Å². The van der Waals surface area contributed by atoms with Gasteiger partial charge in [0, 0.05) is 11.5 Å². The third-order valence-electron chi connectivity index (χ3n) is 2.35. The van der Waals surface area contributed by atoms with E-state index in [-0.39, 0.29) is 22.1 Å². The molecule has 0 saturated carbocycles. The van der Waals surface area contributed by atoms with E-state index >= 15 is 0 Å². The number of aryl methyl sites for hydroxylation is 1. The van der Waals surface area contributed by atoms with Crippen molar-refractivity contribution in [3.8, 4) is 5.75 Å². The molecule has 0 aliphatic rings. The molecule has 0 unspecified atom stereocenters. The SMILES string of the molecule is Cc1cc(=O)oc2c(NC(N)=S)c(O)ccc12. The van der Waals surface area contributed by atoms with Gasteiger partial charge in [0.15, 0.2) is 10.7 Å². The first-order valence-corrected chi connectivity index (χ1v) is 5.23. The summed E-state index contributed by atoms with van der Waals surface area (Å²) in [6, 6.07) is 4.52. The molecule has 88 valence electrons. The lowest BCUT2D eigenvalue weighted by Gasteiger charge is -2.09. The Hall–Kier alpha value is -2.08. The first-order valence-electron chi connectivity index (χ1n) is 4.82. The maximum absolute atomic E-state index is 11.3. The number of phenols is 1. The van der Waals surface area contributed by atoms with Crippen molar-refractivity contribution < 1.29 is 9.52 Å². The highest BCUT2D eigenvalue weighted by Gasteiger charge is 2.12. The molecule has 0 atom stereocenters. The molecule has 0 spiro atoms. The molecule has 0 aliphatic heterocycles. The van der Waals surface area contributed by atoms with Crippen molar-refractivity contribution in [2.45, 2.75) is 6.92 Å². The minimum Gasteiger partial charge on any atom is -0.506 e. The van der Waals surface area contributed by atoms with E-state index in [4.69, 9.17) is 22.4 Å². The van der Waals surface area contributed by atoms with Crippen molar-refractivity contribution in [1.82, 2.24) is 0 Å². The zero-order valence-corrected chi connectivity index (χ0v) is 9.80. The van der Waals surface area contributed by atoms with Crippen LogP contribution in [0.25, 0.3) is 11.0 Å². The normalized spacial score (nSPS) is 10.4. The van der Waals surface area contributed by atoms with Crippen LogP contribution in [-0.2, 0) is 0 Å². The van der Waals surface area contributed by atoms with Crippen molar-refractivity contribution in [3.63, 3.8) is 0 Å². The van der Waals surface area contributed by atoms with Gasteiger partial charge in [-0.3, -0.25) is 0 Å². The Bertz CT molecular complexity index is 664. The zero-order chi connectivity index (χ0) is 12.6. The van der Waals surface area contributed by atoms with E-state index in [9.17, 15) is 9.90 Å². The molecule has 0 fully saturated rings. The van der Waals surface area contributed by atoms with E-state index < -0.39 is 5.63 Å². The number of nitrogens with two attached hydrogens (primary N) is 1. The Morgan fingerprint density at radius 2 is 2.24 bits per heavy atom. The summed E-state index contributed by atoms with van der Waals surface area (Å²) >= 11 is 4.70. The van der Waals surface area contributed by atoms with Gasteiger partial charge in [0.2, 0.25) is 0 Å². The van der Waals surface area contributed by atoms with Gasteiger partial charge < -0.3 is 20.6 Å². The van der Waals surface area contributed by atoms with E-state index in [0.717, 1.165) is 5.56 Å². The maximum atomic E-state index is 11.3. The van der Waals surface area contributed by atoms with Gasteiger partial charge in [0.05, 0.1) is 0 Å². The highest BCUT2D eigenvalue weighted by molar-refractivity contribution is 7.80. The number of thiocarbonyl (C=S) groups is 1. The molecule has 0 radical (unpaired) electrons. The van der Waals surface area contributed by atoms with Gasteiger partial charge in [-0.25, -0.2) is 4.79 Å². The van der Waals surface area contributed by atoms with Crippen molar-refractivity contribution in [3.05, 3.63) is 34.2 Å². The average molecular weight is 250 g/mol. The van der Waals surface area contributed by atoms with Gasteiger partial charge in [-0.2, -0.15) is 0 Å². The number of hydrogen-bond donors (Lipinski definition) is 3. The number of fused-ring (bicyclic) bond motifs is 1. The molecule has 1 aromatic heterocycles. The molecule has 4 N–H and O–H groups in total. The van der Waals surface area contributed by atoms with E-state index in [1.54, 1.807) is 13.0 Å². The van der Waals surface area contributed by atoms with Crippen LogP contribution < -0.4 is 16.7 Å². The highest BCUT2D eigenvalue weighted by atomic mass is 32.1. The van der Waals surface area contributed by atoms with Crippen LogP contribution in [0.5, 0.6) is 5.75 Å². The summed E-state index contributed by atoms with van der Waals surface area (Å²) in [7, 11) is 0. The molecule has 1 heterocycles. The first-order chi connectivity index (χ1) is 7.99. The summed E-state index contributed by atoms with van der Waals surface area (Å²) in [5.41, 5.74) is 6.05. The quantitative estimate of drug-likeness (QED) is 0.403. The lowest BCUT2D eigenvalue weighted by atomic mass is 10.1. The summed E-state index contributed by atoms with van der Waals surface area (Å²) in [5.74, 6) is -0.0842. The topological polar surface area (TPSA) is 88.5 Å². The Balaban J connectivity index is 2.84. The van der Waals surface area contributed by atoms with Crippen LogP contribution in [0.3, 0.4) is 0 Å². The van der Waals surface area contributed by atoms with E-state index in [2.05, 4.69) is 5.32 Å². The Kier molecular flexibility index (Phi) is 2.72. The monoisotopic (exact) mass is 250 g/mol. The van der Waals surface area contributed by atoms with Crippen LogP contribution in [0.15, 0.2) is 27.4 Å². The van der Waals surface area contributed by atoms with Gasteiger partial charge in [-0.15, -0.1) is 0 Å². The molecule has 2 aromatic rings. The largest absolute Gasteiger partial charge is 0.506 e. The van der Waals surface area contributed by atoms with Crippen molar-refractivity contribution in [2.24, 2.45) is 5.73 Å². The van der Waals surface area contributed by atoms with Crippen molar-refractivity contribution in [1.29, 1.82) is 0 Å². The van der Waals surface area contributed by atoms with Gasteiger partial charge in [-0.1, -0.05) is 0 Å². The second-order valence-corrected chi connectivity index (χ2v) is 4.01. The number of nitrogens with one attached hydrogen (secondary N) is 1. The maximum Gasteiger partial charge on any atom is 0.336 e. The molecule has 0 aliphatic carbocycles. The third kappa shape index (κ3) is 2.07. The molecule has 0 bridgehead atoms. The summed E-state index contributed by atoms with van der Waals surface area (Å²) in [5, 5.41) is 13.0. The van der Waals surface area contributed by atoms with Crippen LogP contribution in [0, 0.1) is 6.92 Å². The Morgan fingerprint density at radius 1 is 1.53 bits per heavy atom. The standard InChI is InChI=1S/C11H10N2O3S/c1-5-4-8(15)16-10-6(5)2-3-7(14)9(10)13-11(12)17/h2-4,14H,1H3,(H3,12,13,17). The van der Waals surface area contributed by atoms with Crippen LogP contribution in [0.1, 0.15) is 5.56 Å². The Labute approximate surface area is 102 Å². The molecule has 2 rings (SSSR count). The minimum absolute atomic E-state index is 0.0167.